The highest BCUT2D eigenvalue weighted by molar-refractivity contribution is 6.35. The highest BCUT2D eigenvalue weighted by Crippen LogP contribution is 2.52. The second kappa shape index (κ2) is 6.93. The number of ether oxygens (including phenoxy) is 1. The molecule has 3 rings (SSSR count). The predicted molar refractivity (Wildman–Crippen MR) is 101 cm³/mol. The average molecular weight is 358 g/mol. The van der Waals surface area contributed by atoms with Crippen LogP contribution in [0, 0.1) is 10.8 Å². The lowest BCUT2D eigenvalue weighted by Gasteiger charge is -2.39. The van der Waals surface area contributed by atoms with Crippen molar-refractivity contribution in [2.45, 2.75) is 52.5 Å². The number of methoxy groups -OCH3 is 1. The first-order chi connectivity index (χ1) is 12.2. The fourth-order valence-electron chi connectivity index (χ4n) is 5.02. The molecule has 5 heteroatoms. The molecule has 2 fully saturated rings. The maximum Gasteiger partial charge on any atom is 0.312 e. The van der Waals surface area contributed by atoms with Crippen molar-refractivity contribution in [1.29, 1.82) is 0 Å². The smallest absolute Gasteiger partial charge is 0.312 e. The first kappa shape index (κ1) is 18.7. The molecule has 2 amide bonds. The molecule has 1 N–H and O–H groups in total. The second-order valence-electron chi connectivity index (χ2n) is 9.00. The number of fused-ring (bicyclic) bond motifs is 2. The number of hydrogen-bond donors (Lipinski definition) is 1. The maximum absolute atomic E-state index is 12.7. The van der Waals surface area contributed by atoms with E-state index in [4.69, 9.17) is 4.74 Å². The molecule has 142 valence electrons. The van der Waals surface area contributed by atoms with Crippen molar-refractivity contribution in [1.82, 2.24) is 10.2 Å². The number of benzene rings is 1. The van der Waals surface area contributed by atoms with Gasteiger partial charge in [-0.25, -0.2) is 0 Å². The van der Waals surface area contributed by atoms with Gasteiger partial charge in [0.25, 0.3) is 0 Å². The Hall–Kier alpha value is -2.04. The summed E-state index contributed by atoms with van der Waals surface area (Å²) in [6.07, 6.45) is 3.80. The van der Waals surface area contributed by atoms with Crippen LogP contribution < -0.4 is 10.1 Å². The van der Waals surface area contributed by atoms with E-state index in [0.29, 0.717) is 19.5 Å². The Morgan fingerprint density at radius 2 is 1.88 bits per heavy atom. The van der Waals surface area contributed by atoms with E-state index in [1.807, 2.05) is 29.2 Å². The summed E-state index contributed by atoms with van der Waals surface area (Å²) in [6, 6.07) is 7.94. The number of likely N-dealkylation sites (tertiary alicyclic amines) is 1. The highest BCUT2D eigenvalue weighted by Gasteiger charge is 2.51. The monoisotopic (exact) mass is 358 g/mol. The molecule has 2 bridgehead atoms. The minimum Gasteiger partial charge on any atom is -0.497 e. The van der Waals surface area contributed by atoms with Gasteiger partial charge in [-0.15, -0.1) is 0 Å². The molecule has 1 aromatic carbocycles. The van der Waals surface area contributed by atoms with Gasteiger partial charge >= 0.3 is 11.8 Å². The van der Waals surface area contributed by atoms with E-state index in [1.54, 1.807) is 7.11 Å². The SMILES string of the molecule is COc1ccc(CCNC(=O)C(=O)N2CC3(C)CC2CC(C)(C)C3)cc1. The second-order valence-corrected chi connectivity index (χ2v) is 9.00. The zero-order valence-electron chi connectivity index (χ0n) is 16.3. The van der Waals surface area contributed by atoms with E-state index < -0.39 is 5.91 Å². The quantitative estimate of drug-likeness (QED) is 0.842. The third-order valence-corrected chi connectivity index (χ3v) is 5.73. The van der Waals surface area contributed by atoms with Crippen LogP contribution >= 0.6 is 0 Å². The molecular formula is C21H30N2O3. The van der Waals surface area contributed by atoms with Crippen LogP contribution in [0.1, 0.15) is 45.6 Å². The van der Waals surface area contributed by atoms with Crippen LogP contribution in [-0.2, 0) is 16.0 Å². The van der Waals surface area contributed by atoms with Crippen LogP contribution in [0.5, 0.6) is 5.75 Å². The standard InChI is InChI=1S/C21H30N2O3/c1-20(2)11-16-12-21(3,13-20)14-23(16)19(25)18(24)22-10-9-15-5-7-17(26-4)8-6-15/h5-8,16H,9-14H2,1-4H3,(H,22,24). The Morgan fingerprint density at radius 1 is 1.19 bits per heavy atom. The van der Waals surface area contributed by atoms with Gasteiger partial charge in [-0.3, -0.25) is 9.59 Å². The normalized spacial score (nSPS) is 26.5. The Morgan fingerprint density at radius 3 is 2.54 bits per heavy atom. The van der Waals surface area contributed by atoms with Gasteiger partial charge in [-0.1, -0.05) is 32.9 Å². The van der Waals surface area contributed by atoms with E-state index in [1.165, 1.54) is 0 Å². The van der Waals surface area contributed by atoms with Crippen LogP contribution in [0.15, 0.2) is 24.3 Å². The van der Waals surface area contributed by atoms with Gasteiger partial charge in [-0.05, 0) is 54.2 Å². The summed E-state index contributed by atoms with van der Waals surface area (Å²) in [6.45, 7) is 7.93. The van der Waals surface area contributed by atoms with Crippen molar-refractivity contribution in [3.8, 4) is 5.75 Å². The molecule has 0 spiro atoms. The van der Waals surface area contributed by atoms with E-state index in [-0.39, 0.29) is 22.8 Å². The molecule has 1 aliphatic carbocycles. The minimum atomic E-state index is -0.479. The summed E-state index contributed by atoms with van der Waals surface area (Å²) in [5, 5.41) is 2.79. The van der Waals surface area contributed by atoms with Crippen LogP contribution in [-0.4, -0.2) is 43.0 Å². The molecule has 1 heterocycles. The largest absolute Gasteiger partial charge is 0.497 e. The molecule has 1 aliphatic heterocycles. The Kier molecular flexibility index (Phi) is 5.00. The first-order valence-corrected chi connectivity index (χ1v) is 9.43. The summed E-state index contributed by atoms with van der Waals surface area (Å²) < 4.78 is 5.14. The van der Waals surface area contributed by atoms with E-state index in [2.05, 4.69) is 26.1 Å². The molecule has 26 heavy (non-hydrogen) atoms. The first-order valence-electron chi connectivity index (χ1n) is 9.43. The topological polar surface area (TPSA) is 58.6 Å². The van der Waals surface area contributed by atoms with Gasteiger partial charge < -0.3 is 15.0 Å². The summed E-state index contributed by atoms with van der Waals surface area (Å²) in [5.74, 6) is -0.0387. The summed E-state index contributed by atoms with van der Waals surface area (Å²) in [5.41, 5.74) is 1.48. The number of nitrogens with zero attached hydrogens (tertiary/aromatic N) is 1. The lowest BCUT2D eigenvalue weighted by atomic mass is 9.65. The van der Waals surface area contributed by atoms with Gasteiger partial charge in [0.05, 0.1) is 7.11 Å². The van der Waals surface area contributed by atoms with Crippen molar-refractivity contribution in [2.75, 3.05) is 20.2 Å². The summed E-state index contributed by atoms with van der Waals surface area (Å²) in [4.78, 5) is 26.8. The molecule has 2 unspecified atom stereocenters. The van der Waals surface area contributed by atoms with Gasteiger partial charge in [0.1, 0.15) is 5.75 Å². The van der Waals surface area contributed by atoms with Crippen LogP contribution in [0.25, 0.3) is 0 Å². The van der Waals surface area contributed by atoms with E-state index in [0.717, 1.165) is 30.6 Å². The maximum atomic E-state index is 12.7. The lowest BCUT2D eigenvalue weighted by Crippen LogP contribution is -2.46. The third-order valence-electron chi connectivity index (χ3n) is 5.73. The molecule has 5 nitrogen and oxygen atoms in total. The zero-order valence-corrected chi connectivity index (χ0v) is 16.3. The predicted octanol–water partition coefficient (Wildman–Crippen LogP) is 2.78. The van der Waals surface area contributed by atoms with Gasteiger partial charge in [0, 0.05) is 19.1 Å². The van der Waals surface area contributed by atoms with Gasteiger partial charge in [0.2, 0.25) is 0 Å². The van der Waals surface area contributed by atoms with Crippen molar-refractivity contribution < 1.29 is 14.3 Å². The van der Waals surface area contributed by atoms with Gasteiger partial charge in [-0.2, -0.15) is 0 Å². The molecule has 1 saturated heterocycles. The van der Waals surface area contributed by atoms with Crippen molar-refractivity contribution in [3.63, 3.8) is 0 Å². The molecule has 2 aliphatic rings. The average Bonchev–Trinajstić information content (AvgIpc) is 2.83. The molecule has 1 aromatic rings. The van der Waals surface area contributed by atoms with Crippen molar-refractivity contribution in [3.05, 3.63) is 29.8 Å². The van der Waals surface area contributed by atoms with Crippen molar-refractivity contribution in [2.24, 2.45) is 10.8 Å². The Labute approximate surface area is 156 Å². The Balaban J connectivity index is 1.52. The van der Waals surface area contributed by atoms with Crippen molar-refractivity contribution >= 4 is 11.8 Å². The fraction of sp³-hybridized carbons (Fsp3) is 0.619. The third kappa shape index (κ3) is 4.02. The Bertz CT molecular complexity index is 683. The number of carbonyl (C=O) groups excluding carboxylic acids is 2. The zero-order chi connectivity index (χ0) is 18.9. The van der Waals surface area contributed by atoms with E-state index in [9.17, 15) is 9.59 Å². The molecular weight excluding hydrogens is 328 g/mol. The highest BCUT2D eigenvalue weighted by atomic mass is 16.5. The van der Waals surface area contributed by atoms with Crippen LogP contribution in [0.3, 0.4) is 0 Å². The van der Waals surface area contributed by atoms with Gasteiger partial charge in [0.15, 0.2) is 0 Å². The van der Waals surface area contributed by atoms with Crippen LogP contribution in [0.2, 0.25) is 0 Å². The fourth-order valence-corrected chi connectivity index (χ4v) is 5.02. The summed E-state index contributed by atoms with van der Waals surface area (Å²) >= 11 is 0. The molecule has 0 radical (unpaired) electrons. The molecule has 1 saturated carbocycles. The number of nitrogens with one attached hydrogen (secondary N) is 1. The number of amides is 2. The van der Waals surface area contributed by atoms with E-state index >= 15 is 0 Å². The van der Waals surface area contributed by atoms with Crippen LogP contribution in [0.4, 0.5) is 0 Å². The minimum absolute atomic E-state index is 0.144. The molecule has 0 aromatic heterocycles. The lowest BCUT2D eigenvalue weighted by molar-refractivity contribution is -0.146. The number of carbonyl (C=O) groups is 2. The number of hydrogen-bond acceptors (Lipinski definition) is 3. The molecule has 2 atom stereocenters. The summed E-state index contributed by atoms with van der Waals surface area (Å²) in [7, 11) is 1.63. The number of rotatable bonds is 4.